The summed E-state index contributed by atoms with van der Waals surface area (Å²) in [6, 6.07) is -0.807. The van der Waals surface area contributed by atoms with Crippen molar-refractivity contribution in [3.8, 4) is 0 Å². The standard InChI is InChI=1S/C68H129NO10/c1-3-5-7-9-11-13-14-15-16-26-30-33-36-40-44-48-52-56-64(73)77-57-53-49-45-41-37-34-31-28-25-23-21-19-17-18-20-22-24-27-29-32-35-39-43-47-51-55-63(72)69-60(61(71)54-50-46-42-38-12-10-8-6-4-2)59-78-68-67(76)66(75)65(74)62(58-70)79-68/h15-16,50,54,60-62,65-68,70-71,74-76H,3-14,17-49,51-53,55-59H2,1-2H3,(H,69,72)/b16-15-,54-50+. The van der Waals surface area contributed by atoms with Crippen LogP contribution in [0.15, 0.2) is 24.3 Å². The summed E-state index contributed by atoms with van der Waals surface area (Å²) in [4.78, 5) is 25.1. The number of allylic oxidation sites excluding steroid dienone is 3. The van der Waals surface area contributed by atoms with E-state index in [0.29, 0.717) is 19.4 Å². The number of rotatable bonds is 60. The van der Waals surface area contributed by atoms with Gasteiger partial charge < -0.3 is 45.1 Å². The minimum atomic E-state index is -1.57. The van der Waals surface area contributed by atoms with Crippen LogP contribution in [0.4, 0.5) is 0 Å². The number of aliphatic hydroxyl groups excluding tert-OH is 5. The van der Waals surface area contributed by atoms with Crippen LogP contribution in [0, 0.1) is 0 Å². The Kier molecular flexibility index (Phi) is 55.1. The predicted molar refractivity (Wildman–Crippen MR) is 329 cm³/mol. The Bertz CT molecular complexity index is 1360. The zero-order valence-corrected chi connectivity index (χ0v) is 51.6. The Morgan fingerprint density at radius 2 is 0.810 bits per heavy atom. The largest absolute Gasteiger partial charge is 0.466 e. The van der Waals surface area contributed by atoms with E-state index in [1.165, 1.54) is 250 Å². The molecule has 0 aromatic rings. The maximum absolute atomic E-state index is 13.0. The van der Waals surface area contributed by atoms with E-state index < -0.39 is 49.5 Å². The van der Waals surface area contributed by atoms with Crippen molar-refractivity contribution < 1.29 is 49.3 Å². The quantitative estimate of drug-likeness (QED) is 0.0195. The molecule has 1 rings (SSSR count). The average Bonchev–Trinajstić information content (AvgIpc) is 3.47. The molecule has 1 aliphatic rings. The second-order valence-electron chi connectivity index (χ2n) is 23.9. The molecule has 11 nitrogen and oxygen atoms in total. The fourth-order valence-corrected chi connectivity index (χ4v) is 10.9. The summed E-state index contributed by atoms with van der Waals surface area (Å²) < 4.78 is 16.7. The van der Waals surface area contributed by atoms with Crippen molar-refractivity contribution in [1.82, 2.24) is 5.32 Å². The van der Waals surface area contributed by atoms with Crippen LogP contribution in [0.5, 0.6) is 0 Å². The van der Waals surface area contributed by atoms with Crippen molar-refractivity contribution >= 4 is 11.9 Å². The highest BCUT2D eigenvalue weighted by Gasteiger charge is 2.44. The molecule has 79 heavy (non-hydrogen) atoms. The average molecular weight is 1120 g/mol. The first kappa shape index (κ1) is 75.2. The molecule has 11 heteroatoms. The summed E-state index contributed by atoms with van der Waals surface area (Å²) in [6.07, 6.45) is 61.7. The van der Waals surface area contributed by atoms with Crippen molar-refractivity contribution in [2.45, 2.75) is 378 Å². The normalized spacial score (nSPS) is 18.5. The third-order valence-electron chi connectivity index (χ3n) is 16.3. The molecular weight excluding hydrogens is 991 g/mol. The number of nitrogens with one attached hydrogen (secondary N) is 1. The van der Waals surface area contributed by atoms with Crippen LogP contribution in [-0.4, -0.2) is 100 Å². The lowest BCUT2D eigenvalue weighted by Crippen LogP contribution is -2.60. The number of amides is 1. The predicted octanol–water partition coefficient (Wildman–Crippen LogP) is 16.8. The van der Waals surface area contributed by atoms with Crippen molar-refractivity contribution in [3.63, 3.8) is 0 Å². The molecule has 466 valence electrons. The molecule has 0 aromatic heterocycles. The zero-order valence-electron chi connectivity index (χ0n) is 51.6. The van der Waals surface area contributed by atoms with Gasteiger partial charge in [0.25, 0.3) is 0 Å². The van der Waals surface area contributed by atoms with E-state index in [1.807, 2.05) is 6.08 Å². The summed E-state index contributed by atoms with van der Waals surface area (Å²) in [5, 5.41) is 54.3. The molecule has 1 heterocycles. The number of carbonyl (C=O) groups excluding carboxylic acids is 2. The SMILES string of the molecule is CCCCCCCC/C=C\CCCCCCCCCC(=O)OCCCCCCCCCCCCCCCCCCCCCCCCCCCC(=O)NC(COC1OC(CO)C(O)C(O)C1O)C(O)/C=C/CCCCCCCCC. The van der Waals surface area contributed by atoms with Gasteiger partial charge in [0.1, 0.15) is 24.4 Å². The summed E-state index contributed by atoms with van der Waals surface area (Å²) in [5.41, 5.74) is 0. The van der Waals surface area contributed by atoms with Gasteiger partial charge >= 0.3 is 5.97 Å². The van der Waals surface area contributed by atoms with Gasteiger partial charge in [0.2, 0.25) is 5.91 Å². The number of hydrogen-bond donors (Lipinski definition) is 6. The van der Waals surface area contributed by atoms with E-state index in [2.05, 4.69) is 31.3 Å². The van der Waals surface area contributed by atoms with E-state index in [1.54, 1.807) is 6.08 Å². The molecule has 0 aliphatic carbocycles. The molecule has 1 aliphatic heterocycles. The first-order chi connectivity index (χ1) is 38.7. The van der Waals surface area contributed by atoms with Crippen LogP contribution in [0.25, 0.3) is 0 Å². The molecule has 7 unspecified atom stereocenters. The maximum Gasteiger partial charge on any atom is 0.305 e. The molecule has 7 atom stereocenters. The first-order valence-corrected chi connectivity index (χ1v) is 34.1. The second-order valence-corrected chi connectivity index (χ2v) is 23.9. The Balaban J connectivity index is 1.92. The fourth-order valence-electron chi connectivity index (χ4n) is 10.9. The lowest BCUT2D eigenvalue weighted by Gasteiger charge is -2.40. The van der Waals surface area contributed by atoms with Gasteiger partial charge in [-0.25, -0.2) is 0 Å². The molecule has 1 saturated heterocycles. The van der Waals surface area contributed by atoms with Gasteiger partial charge in [0.15, 0.2) is 6.29 Å². The third kappa shape index (κ3) is 47.2. The zero-order chi connectivity index (χ0) is 57.3. The van der Waals surface area contributed by atoms with Gasteiger partial charge in [-0.2, -0.15) is 0 Å². The van der Waals surface area contributed by atoms with Gasteiger partial charge in [-0.15, -0.1) is 0 Å². The topological polar surface area (TPSA) is 175 Å². The van der Waals surface area contributed by atoms with Gasteiger partial charge in [-0.1, -0.05) is 289 Å². The van der Waals surface area contributed by atoms with Crippen LogP contribution in [0.3, 0.4) is 0 Å². The van der Waals surface area contributed by atoms with Gasteiger partial charge in [-0.05, 0) is 57.8 Å². The number of hydrogen-bond acceptors (Lipinski definition) is 10. The molecule has 0 aromatic carbocycles. The van der Waals surface area contributed by atoms with Gasteiger partial charge in [0, 0.05) is 12.8 Å². The van der Waals surface area contributed by atoms with Crippen molar-refractivity contribution in [1.29, 1.82) is 0 Å². The number of carbonyl (C=O) groups is 2. The molecular formula is C68H129NO10. The number of unbranched alkanes of at least 4 members (excludes halogenated alkanes) is 44. The molecule has 6 N–H and O–H groups in total. The molecule has 1 fully saturated rings. The Morgan fingerprint density at radius 3 is 1.22 bits per heavy atom. The van der Waals surface area contributed by atoms with Gasteiger partial charge in [0.05, 0.1) is 32.0 Å². The lowest BCUT2D eigenvalue weighted by atomic mass is 9.99. The monoisotopic (exact) mass is 1120 g/mol. The summed E-state index contributed by atoms with van der Waals surface area (Å²) in [6.45, 7) is 4.34. The highest BCUT2D eigenvalue weighted by atomic mass is 16.7. The first-order valence-electron chi connectivity index (χ1n) is 34.1. The lowest BCUT2D eigenvalue weighted by molar-refractivity contribution is -0.302. The van der Waals surface area contributed by atoms with E-state index in [9.17, 15) is 35.1 Å². The Hall–Kier alpha value is -1.86. The highest BCUT2D eigenvalue weighted by molar-refractivity contribution is 5.76. The smallest absolute Gasteiger partial charge is 0.305 e. The summed E-state index contributed by atoms with van der Waals surface area (Å²) in [5.74, 6) is -0.178. The van der Waals surface area contributed by atoms with Crippen LogP contribution < -0.4 is 5.32 Å². The summed E-state index contributed by atoms with van der Waals surface area (Å²) in [7, 11) is 0. The van der Waals surface area contributed by atoms with Crippen LogP contribution >= 0.6 is 0 Å². The number of esters is 1. The molecule has 0 radical (unpaired) electrons. The third-order valence-corrected chi connectivity index (χ3v) is 16.3. The van der Waals surface area contributed by atoms with Crippen molar-refractivity contribution in [2.75, 3.05) is 19.8 Å². The van der Waals surface area contributed by atoms with Crippen LogP contribution in [0.2, 0.25) is 0 Å². The molecule has 0 saturated carbocycles. The van der Waals surface area contributed by atoms with Gasteiger partial charge in [-0.3, -0.25) is 9.59 Å². The summed E-state index contributed by atoms with van der Waals surface area (Å²) >= 11 is 0. The van der Waals surface area contributed by atoms with E-state index in [0.717, 1.165) is 57.8 Å². The van der Waals surface area contributed by atoms with Crippen molar-refractivity contribution in [2.24, 2.45) is 0 Å². The maximum atomic E-state index is 13.0. The van der Waals surface area contributed by atoms with E-state index >= 15 is 0 Å². The van der Waals surface area contributed by atoms with E-state index in [4.69, 9.17) is 14.2 Å². The fraction of sp³-hybridized carbons (Fsp3) is 0.912. The molecule has 0 spiro atoms. The van der Waals surface area contributed by atoms with Crippen LogP contribution in [-0.2, 0) is 23.8 Å². The number of aliphatic hydroxyl groups is 5. The highest BCUT2D eigenvalue weighted by Crippen LogP contribution is 2.23. The molecule has 1 amide bonds. The number of ether oxygens (including phenoxy) is 3. The van der Waals surface area contributed by atoms with E-state index in [-0.39, 0.29) is 18.5 Å². The Labute approximate surface area is 486 Å². The van der Waals surface area contributed by atoms with Crippen molar-refractivity contribution in [3.05, 3.63) is 24.3 Å². The molecule has 0 bridgehead atoms. The minimum absolute atomic E-state index is 0.00293. The minimum Gasteiger partial charge on any atom is -0.466 e. The second kappa shape index (κ2) is 57.9. The van der Waals surface area contributed by atoms with Crippen LogP contribution in [0.1, 0.15) is 335 Å². The Morgan fingerprint density at radius 1 is 0.456 bits per heavy atom.